The van der Waals surface area contributed by atoms with Crippen LogP contribution < -0.4 is 5.32 Å². The number of para-hydroxylation sites is 1. The molecule has 2 N–H and O–H groups in total. The summed E-state index contributed by atoms with van der Waals surface area (Å²) in [5.41, 5.74) is 1.53. The maximum absolute atomic E-state index is 10.0. The van der Waals surface area contributed by atoms with E-state index in [-0.39, 0.29) is 5.75 Å². The van der Waals surface area contributed by atoms with Gasteiger partial charge in [-0.2, -0.15) is 0 Å². The fraction of sp³-hybridized carbons (Fsp3) is 0.474. The first-order chi connectivity index (χ1) is 12.2. The second-order valence-corrected chi connectivity index (χ2v) is 6.56. The Kier molecular flexibility index (Phi) is 5.83. The van der Waals surface area contributed by atoms with Crippen molar-refractivity contribution in [2.45, 2.75) is 13.3 Å². The molecular weight excluding hydrogens is 316 g/mol. The Labute approximate surface area is 148 Å². The van der Waals surface area contributed by atoms with Gasteiger partial charge in [-0.25, -0.2) is 9.97 Å². The average Bonchev–Trinajstić information content (AvgIpc) is 3.06. The number of ether oxygens (including phenoxy) is 1. The summed E-state index contributed by atoms with van der Waals surface area (Å²) in [7, 11) is 1.74. The van der Waals surface area contributed by atoms with Gasteiger partial charge >= 0.3 is 0 Å². The third kappa shape index (κ3) is 4.67. The van der Waals surface area contributed by atoms with E-state index in [1.807, 2.05) is 25.1 Å². The Morgan fingerprint density at radius 3 is 2.96 bits per heavy atom. The Morgan fingerprint density at radius 2 is 2.16 bits per heavy atom. The molecule has 0 bridgehead atoms. The molecule has 0 radical (unpaired) electrons. The van der Waals surface area contributed by atoms with Crippen molar-refractivity contribution >= 4 is 5.82 Å². The highest BCUT2D eigenvalue weighted by Crippen LogP contribution is 2.27. The summed E-state index contributed by atoms with van der Waals surface area (Å²) in [6.45, 7) is 6.83. The van der Waals surface area contributed by atoms with Crippen molar-refractivity contribution in [2.24, 2.45) is 5.92 Å². The number of hydrogen-bond acceptors (Lipinski definition) is 6. The predicted molar refractivity (Wildman–Crippen MR) is 98.8 cm³/mol. The van der Waals surface area contributed by atoms with Gasteiger partial charge in [-0.3, -0.25) is 0 Å². The highest BCUT2D eigenvalue weighted by Gasteiger charge is 2.22. The van der Waals surface area contributed by atoms with E-state index < -0.39 is 0 Å². The van der Waals surface area contributed by atoms with Gasteiger partial charge in [-0.1, -0.05) is 12.1 Å². The number of rotatable bonds is 7. The van der Waals surface area contributed by atoms with Crippen LogP contribution in [-0.2, 0) is 4.74 Å². The van der Waals surface area contributed by atoms with Gasteiger partial charge < -0.3 is 20.1 Å². The van der Waals surface area contributed by atoms with Crippen molar-refractivity contribution in [3.8, 4) is 17.1 Å². The monoisotopic (exact) mass is 342 g/mol. The molecule has 25 heavy (non-hydrogen) atoms. The van der Waals surface area contributed by atoms with Crippen LogP contribution in [0, 0.1) is 12.8 Å². The van der Waals surface area contributed by atoms with Crippen LogP contribution in [0.5, 0.6) is 5.75 Å². The Morgan fingerprint density at radius 1 is 1.32 bits per heavy atom. The molecule has 2 aromatic rings. The van der Waals surface area contributed by atoms with Crippen molar-refractivity contribution in [2.75, 3.05) is 45.2 Å². The van der Waals surface area contributed by atoms with E-state index in [9.17, 15) is 5.11 Å². The van der Waals surface area contributed by atoms with Gasteiger partial charge in [0.25, 0.3) is 0 Å². The van der Waals surface area contributed by atoms with Crippen LogP contribution in [0.4, 0.5) is 5.82 Å². The number of aromatic nitrogens is 2. The lowest BCUT2D eigenvalue weighted by molar-refractivity contribution is 0.159. The number of nitrogens with zero attached hydrogens (tertiary/aromatic N) is 3. The van der Waals surface area contributed by atoms with Crippen molar-refractivity contribution in [3.05, 3.63) is 36.0 Å². The third-order valence-electron chi connectivity index (χ3n) is 4.55. The molecule has 0 amide bonds. The number of anilines is 1. The van der Waals surface area contributed by atoms with Crippen LogP contribution >= 0.6 is 0 Å². The number of hydrogen-bond donors (Lipinski definition) is 2. The summed E-state index contributed by atoms with van der Waals surface area (Å²) >= 11 is 0. The van der Waals surface area contributed by atoms with Crippen LogP contribution in [-0.4, -0.2) is 59.9 Å². The molecular formula is C19H26N4O2. The van der Waals surface area contributed by atoms with Crippen LogP contribution in [0.3, 0.4) is 0 Å². The quantitative estimate of drug-likeness (QED) is 0.806. The third-order valence-corrected chi connectivity index (χ3v) is 4.55. The molecule has 6 heteroatoms. The lowest BCUT2D eigenvalue weighted by atomic mass is 10.1. The summed E-state index contributed by atoms with van der Waals surface area (Å²) in [5.74, 6) is 2.17. The Balaban J connectivity index is 1.63. The number of aryl methyl sites for hydroxylation is 1. The minimum atomic E-state index is 0.198. The fourth-order valence-corrected chi connectivity index (χ4v) is 3.19. The molecule has 6 nitrogen and oxygen atoms in total. The fourth-order valence-electron chi connectivity index (χ4n) is 3.19. The zero-order valence-electron chi connectivity index (χ0n) is 14.9. The predicted octanol–water partition coefficient (Wildman–Crippen LogP) is 2.54. The maximum Gasteiger partial charge on any atom is 0.165 e. The molecule has 1 aliphatic heterocycles. The minimum Gasteiger partial charge on any atom is -0.507 e. The molecule has 2 heterocycles. The first-order valence-corrected chi connectivity index (χ1v) is 8.75. The van der Waals surface area contributed by atoms with Crippen molar-refractivity contribution in [3.63, 3.8) is 0 Å². The van der Waals surface area contributed by atoms with Gasteiger partial charge in [0.15, 0.2) is 5.82 Å². The summed E-state index contributed by atoms with van der Waals surface area (Å²) in [6.07, 6.45) is 1.19. The molecule has 3 rings (SSSR count). The molecule has 0 spiro atoms. The summed E-state index contributed by atoms with van der Waals surface area (Å²) in [5, 5.41) is 13.5. The van der Waals surface area contributed by atoms with Gasteiger partial charge in [-0.05, 0) is 37.9 Å². The van der Waals surface area contributed by atoms with Gasteiger partial charge in [0.1, 0.15) is 11.6 Å². The summed E-state index contributed by atoms with van der Waals surface area (Å²) in [6, 6.07) is 9.10. The van der Waals surface area contributed by atoms with E-state index in [0.29, 0.717) is 17.3 Å². The molecule has 1 atom stereocenters. The molecule has 1 aromatic heterocycles. The van der Waals surface area contributed by atoms with E-state index in [4.69, 9.17) is 4.74 Å². The lowest BCUT2D eigenvalue weighted by Gasteiger charge is -2.16. The average molecular weight is 342 g/mol. The molecule has 0 unspecified atom stereocenters. The molecule has 0 aliphatic carbocycles. The number of methoxy groups -OCH3 is 1. The maximum atomic E-state index is 10.0. The standard InChI is InChI=1S/C19H26N4O2/c1-14-11-18(20-12-15-7-8-23(13-15)9-10-25-2)22-19(21-14)16-5-3-4-6-17(16)24/h3-6,11,15,24H,7-10,12-13H2,1-2H3,(H,20,21,22)/t15-/m0/s1. The largest absolute Gasteiger partial charge is 0.507 e. The summed E-state index contributed by atoms with van der Waals surface area (Å²) in [4.78, 5) is 11.5. The number of phenolic OH excluding ortho intramolecular Hbond substituents is 1. The number of benzene rings is 1. The number of phenols is 1. The van der Waals surface area contributed by atoms with Crippen LogP contribution in [0.25, 0.3) is 11.4 Å². The van der Waals surface area contributed by atoms with Gasteiger partial charge in [0, 0.05) is 38.5 Å². The normalized spacial score (nSPS) is 17.8. The first-order valence-electron chi connectivity index (χ1n) is 8.75. The molecule has 1 saturated heterocycles. The minimum absolute atomic E-state index is 0.198. The van der Waals surface area contributed by atoms with Crippen LogP contribution in [0.15, 0.2) is 30.3 Å². The van der Waals surface area contributed by atoms with Crippen molar-refractivity contribution < 1.29 is 9.84 Å². The Hall–Kier alpha value is -2.18. The van der Waals surface area contributed by atoms with E-state index in [1.165, 1.54) is 6.42 Å². The SMILES string of the molecule is COCCN1CC[C@@H](CNc2cc(C)nc(-c3ccccc3O)n2)C1. The second kappa shape index (κ2) is 8.27. The van der Waals surface area contributed by atoms with E-state index >= 15 is 0 Å². The highest BCUT2D eigenvalue weighted by atomic mass is 16.5. The topological polar surface area (TPSA) is 70.5 Å². The van der Waals surface area contributed by atoms with Crippen molar-refractivity contribution in [1.29, 1.82) is 0 Å². The molecule has 134 valence electrons. The van der Waals surface area contributed by atoms with Gasteiger partial charge in [0.05, 0.1) is 12.2 Å². The van der Waals surface area contributed by atoms with Crippen LogP contribution in [0.2, 0.25) is 0 Å². The van der Waals surface area contributed by atoms with E-state index in [0.717, 1.165) is 44.3 Å². The second-order valence-electron chi connectivity index (χ2n) is 6.56. The van der Waals surface area contributed by atoms with E-state index in [1.54, 1.807) is 19.2 Å². The molecule has 0 saturated carbocycles. The van der Waals surface area contributed by atoms with Crippen LogP contribution in [0.1, 0.15) is 12.1 Å². The number of aromatic hydroxyl groups is 1. The van der Waals surface area contributed by atoms with Gasteiger partial charge in [-0.15, -0.1) is 0 Å². The zero-order valence-corrected chi connectivity index (χ0v) is 14.9. The van der Waals surface area contributed by atoms with Crippen molar-refractivity contribution in [1.82, 2.24) is 14.9 Å². The number of nitrogens with one attached hydrogen (secondary N) is 1. The Bertz CT molecular complexity index is 708. The zero-order chi connectivity index (χ0) is 17.6. The highest BCUT2D eigenvalue weighted by molar-refractivity contribution is 5.64. The number of likely N-dealkylation sites (tertiary alicyclic amines) is 1. The van der Waals surface area contributed by atoms with E-state index in [2.05, 4.69) is 20.2 Å². The summed E-state index contributed by atoms with van der Waals surface area (Å²) < 4.78 is 5.15. The smallest absolute Gasteiger partial charge is 0.165 e. The molecule has 1 aliphatic rings. The molecule has 1 fully saturated rings. The lowest BCUT2D eigenvalue weighted by Crippen LogP contribution is -2.26. The van der Waals surface area contributed by atoms with Gasteiger partial charge in [0.2, 0.25) is 0 Å². The molecule has 1 aromatic carbocycles. The first kappa shape index (κ1) is 17.6.